The van der Waals surface area contributed by atoms with Crippen LogP contribution in [-0.2, 0) is 10.0 Å². The number of carbonyl (C=O) groups excluding carboxylic acids is 1. The molecule has 0 spiro atoms. The topological polar surface area (TPSA) is 84.5 Å². The Labute approximate surface area is 149 Å². The summed E-state index contributed by atoms with van der Waals surface area (Å²) < 4.78 is 33.7. The number of ether oxygens (including phenoxy) is 1. The second-order valence-electron chi connectivity index (χ2n) is 6.35. The molecule has 138 valence electrons. The fraction of sp³-hybridized carbons (Fsp3) is 0.500. The van der Waals surface area contributed by atoms with Crippen molar-refractivity contribution in [3.05, 3.63) is 36.4 Å². The third kappa shape index (κ3) is 4.83. The van der Waals surface area contributed by atoms with Gasteiger partial charge in [-0.25, -0.2) is 13.1 Å². The number of benzene rings is 1. The van der Waals surface area contributed by atoms with Gasteiger partial charge in [0.05, 0.1) is 7.11 Å². The Morgan fingerprint density at radius 1 is 1.36 bits per heavy atom. The maximum atomic E-state index is 12.9. The molecular weight excluding hydrogens is 340 g/mol. The van der Waals surface area contributed by atoms with Gasteiger partial charge in [0.15, 0.2) is 0 Å². The third-order valence-electron chi connectivity index (χ3n) is 4.54. The van der Waals surface area contributed by atoms with E-state index in [9.17, 15) is 13.2 Å². The minimum atomic E-state index is -3.79. The summed E-state index contributed by atoms with van der Waals surface area (Å²) in [6.45, 7) is 5.91. The fourth-order valence-electron chi connectivity index (χ4n) is 3.05. The molecule has 6 nitrogen and oxygen atoms in total. The number of hydrogen-bond donors (Lipinski definition) is 2. The molecule has 7 heteroatoms. The summed E-state index contributed by atoms with van der Waals surface area (Å²) in [5.74, 6) is 0.148. The van der Waals surface area contributed by atoms with Gasteiger partial charge in [-0.3, -0.25) is 4.79 Å². The minimum Gasteiger partial charge on any atom is -0.495 e. The highest BCUT2D eigenvalue weighted by atomic mass is 32.2. The zero-order valence-corrected chi connectivity index (χ0v) is 15.6. The lowest BCUT2D eigenvalue weighted by Crippen LogP contribution is -2.41. The smallest absolute Gasteiger partial charge is 0.251 e. The molecule has 1 aliphatic rings. The molecule has 1 fully saturated rings. The number of nitrogens with one attached hydrogen (secondary N) is 2. The second kappa shape index (κ2) is 8.49. The molecule has 0 radical (unpaired) electrons. The van der Waals surface area contributed by atoms with Gasteiger partial charge in [0.2, 0.25) is 10.0 Å². The summed E-state index contributed by atoms with van der Waals surface area (Å²) in [6, 6.07) is 4.30. The summed E-state index contributed by atoms with van der Waals surface area (Å²) >= 11 is 0. The Morgan fingerprint density at radius 3 is 2.72 bits per heavy atom. The molecular formula is C18H26N2O4S. The van der Waals surface area contributed by atoms with Crippen LogP contribution in [0.5, 0.6) is 5.75 Å². The summed E-state index contributed by atoms with van der Waals surface area (Å²) in [5, 5.41) is 2.64. The summed E-state index contributed by atoms with van der Waals surface area (Å²) in [5.41, 5.74) is 0.264. The van der Waals surface area contributed by atoms with Gasteiger partial charge >= 0.3 is 0 Å². The van der Waals surface area contributed by atoms with E-state index in [0.29, 0.717) is 6.54 Å². The van der Waals surface area contributed by atoms with Crippen LogP contribution < -0.4 is 14.8 Å². The molecule has 0 aliphatic heterocycles. The number of amides is 1. The maximum absolute atomic E-state index is 12.9. The predicted molar refractivity (Wildman–Crippen MR) is 97.3 cm³/mol. The first-order valence-corrected chi connectivity index (χ1v) is 9.97. The SMILES string of the molecule is C=CCNC(=O)c1ccc(OC)c(S(=O)(=O)NC2CCCCC2C)c1. The van der Waals surface area contributed by atoms with Crippen LogP contribution in [0.25, 0.3) is 0 Å². The van der Waals surface area contributed by atoms with E-state index in [4.69, 9.17) is 4.74 Å². The van der Waals surface area contributed by atoms with Gasteiger partial charge in [0.1, 0.15) is 10.6 Å². The van der Waals surface area contributed by atoms with Crippen LogP contribution in [0.4, 0.5) is 0 Å². The van der Waals surface area contributed by atoms with Crippen molar-refractivity contribution in [2.45, 2.75) is 43.5 Å². The number of rotatable bonds is 7. The lowest BCUT2D eigenvalue weighted by Gasteiger charge is -2.29. The van der Waals surface area contributed by atoms with E-state index >= 15 is 0 Å². The molecule has 25 heavy (non-hydrogen) atoms. The van der Waals surface area contributed by atoms with E-state index in [1.54, 1.807) is 12.1 Å². The number of sulfonamides is 1. The monoisotopic (exact) mass is 366 g/mol. The second-order valence-corrected chi connectivity index (χ2v) is 8.04. The highest BCUT2D eigenvalue weighted by molar-refractivity contribution is 7.89. The van der Waals surface area contributed by atoms with Gasteiger partial charge in [0.25, 0.3) is 5.91 Å². The summed E-state index contributed by atoms with van der Waals surface area (Å²) in [4.78, 5) is 12.1. The van der Waals surface area contributed by atoms with E-state index < -0.39 is 10.0 Å². The van der Waals surface area contributed by atoms with Crippen molar-refractivity contribution >= 4 is 15.9 Å². The van der Waals surface area contributed by atoms with E-state index in [1.165, 1.54) is 19.2 Å². The highest BCUT2D eigenvalue weighted by Gasteiger charge is 2.29. The lowest BCUT2D eigenvalue weighted by atomic mass is 9.87. The molecule has 1 aromatic rings. The van der Waals surface area contributed by atoms with Crippen molar-refractivity contribution in [3.63, 3.8) is 0 Å². The van der Waals surface area contributed by atoms with Crippen LogP contribution in [0, 0.1) is 5.92 Å². The zero-order chi connectivity index (χ0) is 18.4. The summed E-state index contributed by atoms with van der Waals surface area (Å²) in [6.07, 6.45) is 5.53. The van der Waals surface area contributed by atoms with Crippen LogP contribution in [0.1, 0.15) is 43.0 Å². The number of methoxy groups -OCH3 is 1. The Morgan fingerprint density at radius 2 is 2.08 bits per heavy atom. The van der Waals surface area contributed by atoms with E-state index in [-0.39, 0.29) is 34.1 Å². The van der Waals surface area contributed by atoms with Gasteiger partial charge in [-0.05, 0) is 37.0 Å². The van der Waals surface area contributed by atoms with E-state index in [2.05, 4.69) is 23.5 Å². The molecule has 2 rings (SSSR count). The first-order valence-electron chi connectivity index (χ1n) is 8.48. The van der Waals surface area contributed by atoms with E-state index in [1.807, 2.05) is 0 Å². The normalized spacial score (nSPS) is 20.7. The van der Waals surface area contributed by atoms with Crippen LogP contribution >= 0.6 is 0 Å². The molecule has 2 unspecified atom stereocenters. The first-order chi connectivity index (χ1) is 11.9. The lowest BCUT2D eigenvalue weighted by molar-refractivity contribution is 0.0957. The molecule has 2 atom stereocenters. The van der Waals surface area contributed by atoms with Crippen molar-refractivity contribution in [3.8, 4) is 5.75 Å². The average Bonchev–Trinajstić information content (AvgIpc) is 2.61. The van der Waals surface area contributed by atoms with Gasteiger partial charge in [0, 0.05) is 18.2 Å². The molecule has 1 aliphatic carbocycles. The quantitative estimate of drug-likeness (QED) is 0.726. The molecule has 0 saturated heterocycles. The van der Waals surface area contributed by atoms with Crippen molar-refractivity contribution < 1.29 is 17.9 Å². The maximum Gasteiger partial charge on any atom is 0.251 e. The molecule has 1 aromatic carbocycles. The number of carbonyl (C=O) groups is 1. The summed E-state index contributed by atoms with van der Waals surface area (Å²) in [7, 11) is -2.38. The Balaban J connectivity index is 2.30. The molecule has 0 bridgehead atoms. The fourth-order valence-corrected chi connectivity index (χ4v) is 4.62. The van der Waals surface area contributed by atoms with Gasteiger partial charge in [-0.1, -0.05) is 25.8 Å². The molecule has 1 amide bonds. The predicted octanol–water partition coefficient (Wildman–Crippen LogP) is 2.47. The highest BCUT2D eigenvalue weighted by Crippen LogP contribution is 2.29. The van der Waals surface area contributed by atoms with E-state index in [0.717, 1.165) is 25.7 Å². The minimum absolute atomic E-state index is 0.0148. The van der Waals surface area contributed by atoms with Gasteiger partial charge < -0.3 is 10.1 Å². The van der Waals surface area contributed by atoms with Gasteiger partial charge in [-0.15, -0.1) is 6.58 Å². The van der Waals surface area contributed by atoms with Crippen molar-refractivity contribution in [2.75, 3.05) is 13.7 Å². The van der Waals surface area contributed by atoms with Gasteiger partial charge in [-0.2, -0.15) is 0 Å². The Hall–Kier alpha value is -1.86. The van der Waals surface area contributed by atoms with Crippen LogP contribution in [-0.4, -0.2) is 34.0 Å². The van der Waals surface area contributed by atoms with Crippen molar-refractivity contribution in [2.24, 2.45) is 5.92 Å². The van der Waals surface area contributed by atoms with Crippen molar-refractivity contribution in [1.82, 2.24) is 10.0 Å². The van der Waals surface area contributed by atoms with Crippen molar-refractivity contribution in [1.29, 1.82) is 0 Å². The first kappa shape index (κ1) is 19.5. The van der Waals surface area contributed by atoms with Crippen LogP contribution in [0.3, 0.4) is 0 Å². The Kier molecular flexibility index (Phi) is 6.61. The largest absolute Gasteiger partial charge is 0.495 e. The molecule has 0 aromatic heterocycles. The van der Waals surface area contributed by atoms with Crippen LogP contribution in [0.2, 0.25) is 0 Å². The standard InChI is InChI=1S/C18H26N2O4S/c1-4-11-19-18(21)14-9-10-16(24-3)17(12-14)25(22,23)20-15-8-6-5-7-13(15)2/h4,9-10,12-13,15,20H,1,5-8,11H2,2-3H3,(H,19,21). The molecule has 1 saturated carbocycles. The van der Waals surface area contributed by atoms with Crippen LogP contribution in [0.15, 0.2) is 35.7 Å². The zero-order valence-electron chi connectivity index (χ0n) is 14.7. The average molecular weight is 366 g/mol. The number of hydrogen-bond acceptors (Lipinski definition) is 4. The third-order valence-corrected chi connectivity index (χ3v) is 6.05. The molecule has 0 heterocycles. The molecule has 2 N–H and O–H groups in total. The Bertz CT molecular complexity index is 731.